The quantitative estimate of drug-likeness (QED) is 0.602. The van der Waals surface area contributed by atoms with Gasteiger partial charge in [-0.15, -0.1) is 0 Å². The van der Waals surface area contributed by atoms with Crippen LogP contribution in [0.2, 0.25) is 0 Å². The topological polar surface area (TPSA) is 34.1 Å². The van der Waals surface area contributed by atoms with Crippen molar-refractivity contribution in [1.82, 2.24) is 0 Å². The predicted octanol–water partition coefficient (Wildman–Crippen LogP) is 2.91. The van der Waals surface area contributed by atoms with Crippen molar-refractivity contribution in [3.05, 3.63) is 0 Å². The summed E-state index contributed by atoms with van der Waals surface area (Å²) in [6.07, 6.45) is 4.27. The van der Waals surface area contributed by atoms with Crippen LogP contribution in [0.15, 0.2) is 0 Å². The minimum atomic E-state index is -1.94. The molecular formula is C10H18O2P2. The Labute approximate surface area is 85.6 Å². The molecule has 0 aromatic rings. The third kappa shape index (κ3) is 0.952. The number of hydrogen-bond acceptors (Lipinski definition) is 2. The molecule has 6 atom stereocenters. The van der Waals surface area contributed by atoms with Gasteiger partial charge in [0, 0.05) is 23.1 Å². The van der Waals surface area contributed by atoms with Crippen LogP contribution in [0.1, 0.15) is 19.3 Å². The summed E-state index contributed by atoms with van der Waals surface area (Å²) in [5.74, 6) is 0.570. The van der Waals surface area contributed by atoms with Gasteiger partial charge in [-0.1, -0.05) is 0 Å². The highest BCUT2D eigenvalue weighted by atomic mass is 31.2. The van der Waals surface area contributed by atoms with Crippen molar-refractivity contribution in [2.45, 2.75) is 36.2 Å². The third-order valence-corrected chi connectivity index (χ3v) is 12.2. The van der Waals surface area contributed by atoms with Crippen LogP contribution >= 0.6 is 14.3 Å². The Morgan fingerprint density at radius 3 is 2.29 bits per heavy atom. The smallest absolute Gasteiger partial charge is 0.0917 e. The first-order valence-electron chi connectivity index (χ1n) is 5.58. The molecule has 0 aromatic carbocycles. The van der Waals surface area contributed by atoms with Crippen LogP contribution in [0.4, 0.5) is 0 Å². The summed E-state index contributed by atoms with van der Waals surface area (Å²) in [7, 11) is -3.89. The number of rotatable bonds is 0. The Bertz CT molecular complexity index is 376. The van der Waals surface area contributed by atoms with Crippen LogP contribution in [0, 0.1) is 5.92 Å². The lowest BCUT2D eigenvalue weighted by molar-refractivity contribution is 0.426. The van der Waals surface area contributed by atoms with Gasteiger partial charge in [-0.3, -0.25) is 0 Å². The van der Waals surface area contributed by atoms with Crippen LogP contribution in [0.3, 0.4) is 0 Å². The van der Waals surface area contributed by atoms with E-state index in [4.69, 9.17) is 0 Å². The summed E-state index contributed by atoms with van der Waals surface area (Å²) >= 11 is 0. The van der Waals surface area contributed by atoms with Crippen molar-refractivity contribution in [2.24, 2.45) is 5.92 Å². The Morgan fingerprint density at radius 2 is 1.64 bits per heavy atom. The molecule has 2 nitrogen and oxygen atoms in total. The fourth-order valence-corrected chi connectivity index (χ4v) is 13.0. The molecule has 0 aliphatic carbocycles. The minimum absolute atomic E-state index is 0.343. The highest BCUT2D eigenvalue weighted by Crippen LogP contribution is 2.79. The largest absolute Gasteiger partial charge is 0.324 e. The molecule has 3 aliphatic rings. The molecule has 0 amide bonds. The Balaban J connectivity index is 2.10. The monoisotopic (exact) mass is 232 g/mol. The molecule has 3 rings (SSSR count). The van der Waals surface area contributed by atoms with E-state index < -0.39 is 14.3 Å². The summed E-state index contributed by atoms with van der Waals surface area (Å²) in [5.41, 5.74) is 1.15. The lowest BCUT2D eigenvalue weighted by Crippen LogP contribution is -2.26. The van der Waals surface area contributed by atoms with Gasteiger partial charge in [-0.2, -0.15) is 0 Å². The molecule has 6 unspecified atom stereocenters. The Kier molecular flexibility index (Phi) is 1.78. The molecule has 3 fully saturated rings. The van der Waals surface area contributed by atoms with Gasteiger partial charge in [0.15, 0.2) is 0 Å². The average Bonchev–Trinajstić information content (AvgIpc) is 2.61. The highest BCUT2D eigenvalue weighted by Gasteiger charge is 2.65. The third-order valence-electron chi connectivity index (χ3n) is 4.94. The van der Waals surface area contributed by atoms with E-state index in [1.807, 2.05) is 13.3 Å². The first kappa shape index (κ1) is 9.67. The first-order valence-corrected chi connectivity index (χ1v) is 10.3. The predicted molar refractivity (Wildman–Crippen MR) is 60.6 cm³/mol. The zero-order chi connectivity index (χ0) is 10.1. The minimum Gasteiger partial charge on any atom is -0.324 e. The maximum atomic E-state index is 12.5. The fraction of sp³-hybridized carbons (Fsp3) is 1.00. The summed E-state index contributed by atoms with van der Waals surface area (Å²) in [6, 6.07) is 0. The molecular weight excluding hydrogens is 214 g/mol. The van der Waals surface area contributed by atoms with E-state index in [1.54, 1.807) is 0 Å². The highest BCUT2D eigenvalue weighted by molar-refractivity contribution is 7.70. The molecule has 0 radical (unpaired) electrons. The molecule has 2 bridgehead atoms. The van der Waals surface area contributed by atoms with E-state index in [0.29, 0.717) is 22.9 Å². The van der Waals surface area contributed by atoms with Gasteiger partial charge < -0.3 is 9.13 Å². The molecule has 0 spiro atoms. The van der Waals surface area contributed by atoms with Crippen LogP contribution in [-0.2, 0) is 9.13 Å². The summed E-state index contributed by atoms with van der Waals surface area (Å²) in [5, 5.41) is 0. The maximum absolute atomic E-state index is 12.5. The maximum Gasteiger partial charge on any atom is 0.0917 e. The summed E-state index contributed by atoms with van der Waals surface area (Å²) in [4.78, 5) is 0. The average molecular weight is 232 g/mol. The molecule has 3 saturated heterocycles. The molecule has 0 saturated carbocycles. The van der Waals surface area contributed by atoms with Gasteiger partial charge >= 0.3 is 0 Å². The van der Waals surface area contributed by atoms with E-state index >= 15 is 0 Å². The molecule has 0 aromatic heterocycles. The Hall–Kier alpha value is 0.460. The molecule has 14 heavy (non-hydrogen) atoms. The van der Waals surface area contributed by atoms with Gasteiger partial charge in [0.1, 0.15) is 0 Å². The summed E-state index contributed by atoms with van der Waals surface area (Å²) < 4.78 is 24.9. The van der Waals surface area contributed by atoms with Crippen molar-refractivity contribution < 1.29 is 9.13 Å². The standard InChI is InChI=1S/C10H18O2P2/c1-13(11)6-5-7-8-3-4-9(10(7)13)14(8,2)12/h7-10H,3-6H2,1-2H3. The zero-order valence-electron chi connectivity index (χ0n) is 8.85. The number of fused-ring (bicyclic) bond motifs is 5. The van der Waals surface area contributed by atoms with E-state index in [9.17, 15) is 9.13 Å². The fourth-order valence-electron chi connectivity index (χ4n) is 4.37. The van der Waals surface area contributed by atoms with Gasteiger partial charge in [0.05, 0.1) is 14.3 Å². The second-order valence-electron chi connectivity index (χ2n) is 5.61. The van der Waals surface area contributed by atoms with E-state index in [-0.39, 0.29) is 0 Å². The molecule has 3 aliphatic heterocycles. The van der Waals surface area contributed by atoms with E-state index in [0.717, 1.165) is 25.4 Å². The van der Waals surface area contributed by atoms with E-state index in [1.165, 1.54) is 0 Å². The van der Waals surface area contributed by atoms with Crippen molar-refractivity contribution in [2.75, 3.05) is 19.5 Å². The normalized spacial score (nSPS) is 65.9. The summed E-state index contributed by atoms with van der Waals surface area (Å²) in [6.45, 7) is 3.94. The van der Waals surface area contributed by atoms with Crippen molar-refractivity contribution >= 4 is 14.3 Å². The molecule has 3 heterocycles. The molecule has 4 heteroatoms. The van der Waals surface area contributed by atoms with Gasteiger partial charge in [0.25, 0.3) is 0 Å². The van der Waals surface area contributed by atoms with Gasteiger partial charge in [-0.05, 0) is 38.5 Å². The van der Waals surface area contributed by atoms with Crippen molar-refractivity contribution in [1.29, 1.82) is 0 Å². The first-order chi connectivity index (χ1) is 6.44. The molecule has 80 valence electrons. The van der Waals surface area contributed by atoms with Crippen LogP contribution in [0.5, 0.6) is 0 Å². The van der Waals surface area contributed by atoms with Crippen molar-refractivity contribution in [3.63, 3.8) is 0 Å². The zero-order valence-corrected chi connectivity index (χ0v) is 10.6. The second kappa shape index (κ2) is 2.58. The number of hydrogen-bond donors (Lipinski definition) is 0. The second-order valence-corrected chi connectivity index (χ2v) is 12.4. The van der Waals surface area contributed by atoms with Crippen LogP contribution in [-0.4, -0.2) is 36.5 Å². The van der Waals surface area contributed by atoms with Crippen molar-refractivity contribution in [3.8, 4) is 0 Å². The van der Waals surface area contributed by atoms with Crippen LogP contribution < -0.4 is 0 Å². The van der Waals surface area contributed by atoms with Gasteiger partial charge in [-0.25, -0.2) is 0 Å². The van der Waals surface area contributed by atoms with E-state index in [2.05, 4.69) is 0 Å². The SMILES string of the molecule is CP1(=O)CCC2C1C1CCC2P1(C)=O. The molecule has 0 N–H and O–H groups in total. The lowest BCUT2D eigenvalue weighted by atomic mass is 9.87. The lowest BCUT2D eigenvalue weighted by Gasteiger charge is -2.25. The Morgan fingerprint density at radius 1 is 1.00 bits per heavy atom. The van der Waals surface area contributed by atoms with Crippen LogP contribution in [0.25, 0.3) is 0 Å². The van der Waals surface area contributed by atoms with Gasteiger partial charge in [0.2, 0.25) is 0 Å².